The number of aromatic nitrogens is 1. The number of hydrogen-bond donors (Lipinski definition) is 0. The molecule has 0 fully saturated rings. The molecule has 0 N–H and O–H groups in total. The van der Waals surface area contributed by atoms with Gasteiger partial charge in [-0.3, -0.25) is 0 Å². The van der Waals surface area contributed by atoms with Crippen LogP contribution in [0.1, 0.15) is 44.9 Å². The average Bonchev–Trinajstić information content (AvgIpc) is 2.61. The fourth-order valence-electron chi connectivity index (χ4n) is 2.74. The molecule has 0 bridgehead atoms. The van der Waals surface area contributed by atoms with Gasteiger partial charge in [0.25, 0.3) is 0 Å². The van der Waals surface area contributed by atoms with Gasteiger partial charge in [-0.15, -0.1) is 0 Å². The minimum absolute atomic E-state index is 1.05. The van der Waals surface area contributed by atoms with Crippen molar-refractivity contribution in [3.05, 3.63) is 59.9 Å². The summed E-state index contributed by atoms with van der Waals surface area (Å²) >= 11 is 0. The van der Waals surface area contributed by atoms with Crippen molar-refractivity contribution >= 4 is 17.8 Å². The topological polar surface area (TPSA) is 7.12 Å². The lowest BCUT2D eigenvalue weighted by molar-refractivity contribution is -0.699. The first-order valence-corrected chi connectivity index (χ1v) is 8.80. The van der Waals surface area contributed by atoms with Gasteiger partial charge in [-0.05, 0) is 43.7 Å². The molecule has 23 heavy (non-hydrogen) atoms. The maximum atomic E-state index is 2.36. The number of anilines is 1. The Morgan fingerprint density at radius 1 is 0.913 bits per heavy atom. The number of nitrogens with zero attached hydrogens (tertiary/aromatic N) is 2. The van der Waals surface area contributed by atoms with Gasteiger partial charge in [-0.25, -0.2) is 0 Å². The summed E-state index contributed by atoms with van der Waals surface area (Å²) in [5.74, 6) is 0. The lowest BCUT2D eigenvalue weighted by Gasteiger charge is -2.20. The van der Waals surface area contributed by atoms with Gasteiger partial charge in [0.15, 0.2) is 6.20 Å². The minimum atomic E-state index is 1.05. The van der Waals surface area contributed by atoms with Gasteiger partial charge >= 0.3 is 0 Å². The molecule has 1 aromatic heterocycles. The molecule has 0 spiro atoms. The van der Waals surface area contributed by atoms with Crippen molar-refractivity contribution in [2.45, 2.75) is 40.2 Å². The second-order valence-corrected chi connectivity index (χ2v) is 5.77. The maximum absolute atomic E-state index is 2.36. The predicted octanol–water partition coefficient (Wildman–Crippen LogP) is 4.79. The number of unbranched alkanes of at least 4 members (excludes halogenated alkanes) is 1. The van der Waals surface area contributed by atoms with Crippen LogP contribution < -0.4 is 9.47 Å². The van der Waals surface area contributed by atoms with Crippen molar-refractivity contribution in [1.29, 1.82) is 0 Å². The van der Waals surface area contributed by atoms with Crippen molar-refractivity contribution in [2.24, 2.45) is 0 Å². The van der Waals surface area contributed by atoms with E-state index in [4.69, 9.17) is 0 Å². The molecule has 0 saturated carbocycles. The molecule has 122 valence electrons. The first-order valence-electron chi connectivity index (χ1n) is 8.80. The largest absolute Gasteiger partial charge is 0.372 e. The van der Waals surface area contributed by atoms with Crippen LogP contribution in [0, 0.1) is 0 Å². The summed E-state index contributed by atoms with van der Waals surface area (Å²) in [7, 11) is 0. The molecule has 2 heteroatoms. The number of aryl methyl sites for hydroxylation is 1. The lowest BCUT2D eigenvalue weighted by atomic mass is 10.1. The molecule has 2 nitrogen and oxygen atoms in total. The van der Waals surface area contributed by atoms with Gasteiger partial charge in [0, 0.05) is 43.4 Å². The molecule has 0 radical (unpaired) electrons. The normalized spacial score (nSPS) is 11.1. The third-order valence-corrected chi connectivity index (χ3v) is 4.20. The van der Waals surface area contributed by atoms with E-state index in [0.29, 0.717) is 0 Å². The van der Waals surface area contributed by atoms with E-state index in [0.717, 1.165) is 19.6 Å². The van der Waals surface area contributed by atoms with Crippen LogP contribution in [-0.4, -0.2) is 13.1 Å². The van der Waals surface area contributed by atoms with Crippen LogP contribution in [0.15, 0.2) is 48.7 Å². The van der Waals surface area contributed by atoms with Gasteiger partial charge in [0.2, 0.25) is 5.69 Å². The zero-order valence-corrected chi connectivity index (χ0v) is 14.7. The average molecular weight is 309 g/mol. The molecule has 0 aliphatic rings. The van der Waals surface area contributed by atoms with E-state index >= 15 is 0 Å². The number of pyridine rings is 1. The quantitative estimate of drug-likeness (QED) is 0.636. The van der Waals surface area contributed by atoms with E-state index in [1.165, 1.54) is 29.8 Å². The van der Waals surface area contributed by atoms with Crippen LogP contribution in [-0.2, 0) is 6.54 Å². The number of hydrogen-bond acceptors (Lipinski definition) is 1. The van der Waals surface area contributed by atoms with E-state index in [9.17, 15) is 0 Å². The maximum Gasteiger partial charge on any atom is 0.205 e. The lowest BCUT2D eigenvalue weighted by Crippen LogP contribution is -2.36. The van der Waals surface area contributed by atoms with Crippen LogP contribution in [0.5, 0.6) is 0 Å². The molecule has 1 heterocycles. The minimum Gasteiger partial charge on any atom is -0.372 e. The van der Waals surface area contributed by atoms with Gasteiger partial charge in [0.05, 0.1) is 0 Å². The second kappa shape index (κ2) is 9.14. The first-order chi connectivity index (χ1) is 11.3. The fraction of sp³-hybridized carbons (Fsp3) is 0.381. The van der Waals surface area contributed by atoms with Gasteiger partial charge in [-0.2, -0.15) is 4.57 Å². The summed E-state index contributed by atoms with van der Waals surface area (Å²) in [5, 5.41) is 0. The van der Waals surface area contributed by atoms with Crippen molar-refractivity contribution in [3.8, 4) is 0 Å². The molecule has 0 unspecified atom stereocenters. The Bertz CT molecular complexity index is 610. The third kappa shape index (κ3) is 4.95. The Morgan fingerprint density at radius 2 is 1.65 bits per heavy atom. The Balaban J connectivity index is 2.11. The molecular formula is C21H29N2+. The zero-order valence-electron chi connectivity index (χ0n) is 14.7. The monoisotopic (exact) mass is 309 g/mol. The van der Waals surface area contributed by atoms with E-state index in [1.807, 2.05) is 0 Å². The Kier molecular flexibility index (Phi) is 6.86. The van der Waals surface area contributed by atoms with E-state index in [-0.39, 0.29) is 0 Å². The highest BCUT2D eigenvalue weighted by atomic mass is 15.1. The third-order valence-electron chi connectivity index (χ3n) is 4.20. The van der Waals surface area contributed by atoms with Crippen molar-refractivity contribution < 1.29 is 4.57 Å². The standard InChI is InChI=1S/C21H29N2/c1-4-7-17-23-18-9-8-10-20(23)14-11-19-12-15-21(16-13-19)22(5-2)6-3/h8-16,18H,4-7,17H2,1-3H3/q+1. The van der Waals surface area contributed by atoms with Gasteiger partial charge < -0.3 is 4.90 Å². The highest BCUT2D eigenvalue weighted by Crippen LogP contribution is 2.16. The van der Waals surface area contributed by atoms with E-state index in [2.05, 4.69) is 91.1 Å². The number of benzene rings is 1. The van der Waals surface area contributed by atoms with Crippen LogP contribution in [0.25, 0.3) is 12.2 Å². The van der Waals surface area contributed by atoms with Crippen molar-refractivity contribution in [3.63, 3.8) is 0 Å². The second-order valence-electron chi connectivity index (χ2n) is 5.77. The number of rotatable bonds is 8. The molecule has 0 atom stereocenters. The molecule has 2 rings (SSSR count). The highest BCUT2D eigenvalue weighted by Gasteiger charge is 2.05. The summed E-state index contributed by atoms with van der Waals surface area (Å²) in [6.45, 7) is 9.80. The SMILES string of the molecule is CCCC[n+]1ccccc1/C=C/c1ccc(N(CC)CC)cc1. The summed E-state index contributed by atoms with van der Waals surface area (Å²) in [4.78, 5) is 2.36. The highest BCUT2D eigenvalue weighted by molar-refractivity contribution is 5.68. The molecule has 1 aromatic carbocycles. The smallest absolute Gasteiger partial charge is 0.205 e. The Hall–Kier alpha value is -2.09. The summed E-state index contributed by atoms with van der Waals surface area (Å²) in [6, 6.07) is 15.2. The first kappa shape index (κ1) is 17.3. The summed E-state index contributed by atoms with van der Waals surface area (Å²) < 4.78 is 2.32. The van der Waals surface area contributed by atoms with Crippen LogP contribution >= 0.6 is 0 Å². The molecule has 0 amide bonds. The summed E-state index contributed by atoms with van der Waals surface area (Å²) in [5.41, 5.74) is 3.80. The fourth-order valence-corrected chi connectivity index (χ4v) is 2.74. The van der Waals surface area contributed by atoms with Crippen molar-refractivity contribution in [1.82, 2.24) is 0 Å². The zero-order chi connectivity index (χ0) is 16.5. The molecular weight excluding hydrogens is 280 g/mol. The Morgan fingerprint density at radius 3 is 2.30 bits per heavy atom. The molecule has 0 saturated heterocycles. The molecule has 0 aliphatic heterocycles. The summed E-state index contributed by atoms with van der Waals surface area (Å²) in [6.07, 6.45) is 9.01. The van der Waals surface area contributed by atoms with Gasteiger partial charge in [0.1, 0.15) is 6.54 Å². The predicted molar refractivity (Wildman–Crippen MR) is 100 cm³/mol. The Labute approximate surface area is 141 Å². The van der Waals surface area contributed by atoms with Crippen LogP contribution in [0.4, 0.5) is 5.69 Å². The van der Waals surface area contributed by atoms with Gasteiger partial charge in [-0.1, -0.05) is 25.5 Å². The van der Waals surface area contributed by atoms with E-state index in [1.54, 1.807) is 0 Å². The molecule has 0 aliphatic carbocycles. The van der Waals surface area contributed by atoms with Crippen LogP contribution in [0.2, 0.25) is 0 Å². The van der Waals surface area contributed by atoms with Crippen LogP contribution in [0.3, 0.4) is 0 Å². The van der Waals surface area contributed by atoms with E-state index < -0.39 is 0 Å². The van der Waals surface area contributed by atoms with Crippen molar-refractivity contribution in [2.75, 3.05) is 18.0 Å². The molecule has 2 aromatic rings.